The third-order valence-electron chi connectivity index (χ3n) is 3.37. The van der Waals surface area contributed by atoms with Gasteiger partial charge in [0.2, 0.25) is 0 Å². The van der Waals surface area contributed by atoms with Crippen LogP contribution in [0, 0.1) is 11.3 Å². The highest BCUT2D eigenvalue weighted by molar-refractivity contribution is 6.31. The van der Waals surface area contributed by atoms with Crippen LogP contribution in [0.3, 0.4) is 0 Å². The van der Waals surface area contributed by atoms with E-state index in [-0.39, 0.29) is 0 Å². The largest absolute Gasteiger partial charge is 0.314 e. The maximum Gasteiger partial charge on any atom is 0.133 e. The minimum absolute atomic E-state index is 0.638. The summed E-state index contributed by atoms with van der Waals surface area (Å²) in [5, 5.41) is 13.5. The quantitative estimate of drug-likeness (QED) is 0.871. The lowest BCUT2D eigenvalue weighted by Gasteiger charge is -2.39. The monoisotopic (exact) mass is 249 g/mol. The average Bonchev–Trinajstić information content (AvgIpc) is 2.39. The Morgan fingerprint density at radius 3 is 2.59 bits per heavy atom. The van der Waals surface area contributed by atoms with Crippen LogP contribution in [0.2, 0.25) is 5.02 Å². The molecule has 3 nitrogen and oxygen atoms in total. The Kier molecular flexibility index (Phi) is 3.68. The molecule has 1 unspecified atom stereocenters. The maximum atomic E-state index is 9.54. The summed E-state index contributed by atoms with van der Waals surface area (Å²) in [5.74, 6) is 0. The van der Waals surface area contributed by atoms with Crippen LogP contribution in [-0.4, -0.2) is 31.1 Å². The van der Waals surface area contributed by atoms with Crippen LogP contribution in [0.4, 0.5) is 0 Å². The van der Waals surface area contributed by atoms with E-state index in [4.69, 9.17) is 11.6 Å². The Morgan fingerprint density at radius 1 is 1.35 bits per heavy atom. The van der Waals surface area contributed by atoms with E-state index in [1.54, 1.807) is 0 Å². The number of nitrogens with one attached hydrogen (secondary N) is 1. The molecule has 0 amide bonds. The fraction of sp³-hybridized carbons (Fsp3) is 0.462. The number of hydrogen-bond acceptors (Lipinski definition) is 3. The van der Waals surface area contributed by atoms with Gasteiger partial charge in [-0.05, 0) is 13.0 Å². The van der Waals surface area contributed by atoms with Gasteiger partial charge >= 0.3 is 0 Å². The molecule has 1 N–H and O–H groups in total. The van der Waals surface area contributed by atoms with Gasteiger partial charge in [-0.2, -0.15) is 5.26 Å². The third kappa shape index (κ3) is 2.30. The predicted molar refractivity (Wildman–Crippen MR) is 68.9 cm³/mol. The van der Waals surface area contributed by atoms with Crippen LogP contribution >= 0.6 is 11.6 Å². The number of rotatable bonds is 2. The van der Waals surface area contributed by atoms with E-state index in [1.165, 1.54) is 0 Å². The first kappa shape index (κ1) is 12.4. The molecule has 1 heterocycles. The second-order valence-corrected chi connectivity index (χ2v) is 4.81. The molecular weight excluding hydrogens is 234 g/mol. The van der Waals surface area contributed by atoms with Crippen LogP contribution in [0.5, 0.6) is 0 Å². The maximum absolute atomic E-state index is 9.54. The Morgan fingerprint density at radius 2 is 2.00 bits per heavy atom. The van der Waals surface area contributed by atoms with Crippen molar-refractivity contribution in [2.24, 2.45) is 0 Å². The van der Waals surface area contributed by atoms with Crippen molar-refractivity contribution >= 4 is 11.6 Å². The molecule has 1 atom stereocenters. The zero-order chi connectivity index (χ0) is 12.3. The summed E-state index contributed by atoms with van der Waals surface area (Å²) in [7, 11) is 0. The lowest BCUT2D eigenvalue weighted by molar-refractivity contribution is 0.132. The van der Waals surface area contributed by atoms with Crippen molar-refractivity contribution in [3.05, 3.63) is 34.9 Å². The molecule has 1 fully saturated rings. The minimum atomic E-state index is -0.638. The second kappa shape index (κ2) is 5.05. The fourth-order valence-corrected chi connectivity index (χ4v) is 2.59. The van der Waals surface area contributed by atoms with E-state index >= 15 is 0 Å². The standard InChI is InChI=1S/C13H16ClN3/c1-13(10-15,17-8-6-16-7-9-17)11-4-2-3-5-12(11)14/h2-5,16H,6-9H2,1H3. The Hall–Kier alpha value is -1.08. The van der Waals surface area contributed by atoms with Crippen LogP contribution in [0.15, 0.2) is 24.3 Å². The molecule has 0 aromatic heterocycles. The van der Waals surface area contributed by atoms with Gasteiger partial charge in [-0.3, -0.25) is 4.90 Å². The summed E-state index contributed by atoms with van der Waals surface area (Å²) in [6.45, 7) is 5.52. The second-order valence-electron chi connectivity index (χ2n) is 4.40. The number of benzene rings is 1. The molecule has 1 saturated heterocycles. The smallest absolute Gasteiger partial charge is 0.133 e. The molecule has 17 heavy (non-hydrogen) atoms. The Bertz CT molecular complexity index is 435. The molecular formula is C13H16ClN3. The molecule has 4 heteroatoms. The summed E-state index contributed by atoms with van der Waals surface area (Å²) >= 11 is 6.21. The van der Waals surface area contributed by atoms with Gasteiger partial charge < -0.3 is 5.32 Å². The zero-order valence-corrected chi connectivity index (χ0v) is 10.7. The third-order valence-corrected chi connectivity index (χ3v) is 3.70. The lowest BCUT2D eigenvalue weighted by atomic mass is 9.91. The number of piperazine rings is 1. The van der Waals surface area contributed by atoms with Crippen LogP contribution in [0.25, 0.3) is 0 Å². The summed E-state index contributed by atoms with van der Waals surface area (Å²) in [6, 6.07) is 10.0. The lowest BCUT2D eigenvalue weighted by Crippen LogP contribution is -2.52. The van der Waals surface area contributed by atoms with E-state index in [0.717, 1.165) is 31.7 Å². The van der Waals surface area contributed by atoms with Gasteiger partial charge in [0, 0.05) is 36.8 Å². The first-order valence-corrected chi connectivity index (χ1v) is 6.18. The highest BCUT2D eigenvalue weighted by Gasteiger charge is 2.35. The predicted octanol–water partition coefficient (Wildman–Crippen LogP) is 1.98. The molecule has 2 rings (SSSR count). The highest BCUT2D eigenvalue weighted by Crippen LogP contribution is 2.32. The molecule has 1 aliphatic heterocycles. The number of halogens is 1. The summed E-state index contributed by atoms with van der Waals surface area (Å²) in [6.07, 6.45) is 0. The van der Waals surface area contributed by atoms with Gasteiger partial charge in [-0.25, -0.2) is 0 Å². The molecule has 1 aliphatic rings. The van der Waals surface area contributed by atoms with E-state index in [9.17, 15) is 5.26 Å². The average molecular weight is 250 g/mol. The van der Waals surface area contributed by atoms with Crippen molar-refractivity contribution in [3.8, 4) is 6.07 Å². The number of hydrogen-bond donors (Lipinski definition) is 1. The zero-order valence-electron chi connectivity index (χ0n) is 9.91. The van der Waals surface area contributed by atoms with Crippen molar-refractivity contribution in [1.29, 1.82) is 5.26 Å². The van der Waals surface area contributed by atoms with E-state index < -0.39 is 5.54 Å². The molecule has 1 aromatic rings. The molecule has 0 saturated carbocycles. The molecule has 0 bridgehead atoms. The van der Waals surface area contributed by atoms with E-state index in [0.29, 0.717) is 5.02 Å². The molecule has 90 valence electrons. The van der Waals surface area contributed by atoms with Gasteiger partial charge in [0.1, 0.15) is 5.54 Å². The Balaban J connectivity index is 2.37. The number of nitrogens with zero attached hydrogens (tertiary/aromatic N) is 2. The van der Waals surface area contributed by atoms with Crippen molar-refractivity contribution in [3.63, 3.8) is 0 Å². The SMILES string of the molecule is CC(C#N)(c1ccccc1Cl)N1CCNCC1. The van der Waals surface area contributed by atoms with Crippen LogP contribution in [-0.2, 0) is 5.54 Å². The van der Waals surface area contributed by atoms with Crippen molar-refractivity contribution in [1.82, 2.24) is 10.2 Å². The van der Waals surface area contributed by atoms with Crippen molar-refractivity contribution in [2.45, 2.75) is 12.5 Å². The van der Waals surface area contributed by atoms with Crippen molar-refractivity contribution in [2.75, 3.05) is 26.2 Å². The first-order valence-electron chi connectivity index (χ1n) is 5.80. The van der Waals surface area contributed by atoms with Gasteiger partial charge in [0.25, 0.3) is 0 Å². The minimum Gasteiger partial charge on any atom is -0.314 e. The van der Waals surface area contributed by atoms with Crippen LogP contribution < -0.4 is 5.32 Å². The van der Waals surface area contributed by atoms with Gasteiger partial charge in [-0.1, -0.05) is 29.8 Å². The topological polar surface area (TPSA) is 39.1 Å². The Labute approximate surface area is 107 Å². The normalized spacial score (nSPS) is 20.5. The van der Waals surface area contributed by atoms with Gasteiger partial charge in [0.15, 0.2) is 0 Å². The van der Waals surface area contributed by atoms with Gasteiger partial charge in [0.05, 0.1) is 6.07 Å². The summed E-state index contributed by atoms with van der Waals surface area (Å²) in [4.78, 5) is 2.19. The first-order chi connectivity index (χ1) is 8.18. The summed E-state index contributed by atoms with van der Waals surface area (Å²) < 4.78 is 0. The fourth-order valence-electron chi connectivity index (χ4n) is 2.27. The molecule has 0 aliphatic carbocycles. The van der Waals surface area contributed by atoms with Gasteiger partial charge in [-0.15, -0.1) is 0 Å². The molecule has 1 aromatic carbocycles. The molecule has 0 radical (unpaired) electrons. The van der Waals surface area contributed by atoms with Crippen molar-refractivity contribution < 1.29 is 0 Å². The number of nitriles is 1. The highest BCUT2D eigenvalue weighted by atomic mass is 35.5. The van der Waals surface area contributed by atoms with Crippen LogP contribution in [0.1, 0.15) is 12.5 Å². The summed E-state index contributed by atoms with van der Waals surface area (Å²) in [5.41, 5.74) is 0.256. The van der Waals surface area contributed by atoms with E-state index in [1.807, 2.05) is 31.2 Å². The molecule has 0 spiro atoms. The van der Waals surface area contributed by atoms with E-state index in [2.05, 4.69) is 16.3 Å².